The first kappa shape index (κ1) is 22.5. The highest BCUT2D eigenvalue weighted by molar-refractivity contribution is 7.09. The first-order valence-corrected chi connectivity index (χ1v) is 12.0. The lowest BCUT2D eigenvalue weighted by Crippen LogP contribution is -2.41. The minimum absolute atomic E-state index is 0.594. The van der Waals surface area contributed by atoms with Gasteiger partial charge in [-0.3, -0.25) is 9.89 Å². The zero-order valence-corrected chi connectivity index (χ0v) is 19.0. The number of nitrogens with one attached hydrogen (secondary N) is 1. The topological polar surface area (TPSA) is 49.3 Å². The van der Waals surface area contributed by atoms with Crippen molar-refractivity contribution in [2.45, 2.75) is 32.7 Å². The van der Waals surface area contributed by atoms with E-state index >= 15 is 0 Å². The Hall–Kier alpha value is -1.15. The van der Waals surface area contributed by atoms with E-state index in [4.69, 9.17) is 14.5 Å². The van der Waals surface area contributed by atoms with Crippen molar-refractivity contribution in [1.82, 2.24) is 15.1 Å². The maximum atomic E-state index is 5.73. The standard InChI is InChI=1S/C22H38N4O2S/c1-3-23-22(26-11-8-20(16-26)18-28-13-12-27-2)24-15-19-6-9-25(10-7-19)17-21-5-4-14-29-21/h4-5,14,19-20H,3,6-13,15-18H2,1-2H3,(H,23,24). The first-order valence-electron chi connectivity index (χ1n) is 11.1. The summed E-state index contributed by atoms with van der Waals surface area (Å²) in [5, 5.41) is 5.68. The second kappa shape index (κ2) is 12.5. The molecule has 0 radical (unpaired) electrons. The summed E-state index contributed by atoms with van der Waals surface area (Å²) in [7, 11) is 1.72. The summed E-state index contributed by atoms with van der Waals surface area (Å²) in [6, 6.07) is 4.40. The number of rotatable bonds is 10. The Morgan fingerprint density at radius 2 is 2.03 bits per heavy atom. The number of thiophene rings is 1. The molecule has 0 bridgehead atoms. The Bertz CT molecular complexity index is 588. The lowest BCUT2D eigenvalue weighted by atomic mass is 9.97. The number of likely N-dealkylation sites (tertiary alicyclic amines) is 2. The van der Waals surface area contributed by atoms with Gasteiger partial charge in [0.1, 0.15) is 0 Å². The van der Waals surface area contributed by atoms with Gasteiger partial charge in [0, 0.05) is 50.6 Å². The molecule has 2 aliphatic heterocycles. The van der Waals surface area contributed by atoms with E-state index in [1.165, 1.54) is 37.2 Å². The summed E-state index contributed by atoms with van der Waals surface area (Å²) in [6.07, 6.45) is 3.69. The highest BCUT2D eigenvalue weighted by Crippen LogP contribution is 2.22. The monoisotopic (exact) mass is 422 g/mol. The van der Waals surface area contributed by atoms with Crippen LogP contribution in [0.15, 0.2) is 22.5 Å². The molecule has 2 aliphatic rings. The van der Waals surface area contributed by atoms with Crippen LogP contribution >= 0.6 is 11.3 Å². The molecular formula is C22H38N4O2S. The van der Waals surface area contributed by atoms with Gasteiger partial charge in [0.25, 0.3) is 0 Å². The molecule has 1 aromatic rings. The van der Waals surface area contributed by atoms with E-state index in [0.717, 1.165) is 45.3 Å². The number of nitrogens with zero attached hydrogens (tertiary/aromatic N) is 3. The van der Waals surface area contributed by atoms with E-state index in [2.05, 4.69) is 39.6 Å². The number of ether oxygens (including phenoxy) is 2. The summed E-state index contributed by atoms with van der Waals surface area (Å²) < 4.78 is 10.8. The third-order valence-corrected chi connectivity index (χ3v) is 6.73. The fourth-order valence-electron chi connectivity index (χ4n) is 4.14. The van der Waals surface area contributed by atoms with Gasteiger partial charge in [0.15, 0.2) is 5.96 Å². The predicted molar refractivity (Wildman–Crippen MR) is 121 cm³/mol. The minimum Gasteiger partial charge on any atom is -0.382 e. The molecule has 2 saturated heterocycles. The molecule has 164 valence electrons. The largest absolute Gasteiger partial charge is 0.382 e. The van der Waals surface area contributed by atoms with Crippen LogP contribution in [-0.4, -0.2) is 82.0 Å². The van der Waals surface area contributed by atoms with Gasteiger partial charge in [0.2, 0.25) is 0 Å². The summed E-state index contributed by atoms with van der Waals surface area (Å²) in [5.41, 5.74) is 0. The van der Waals surface area contributed by atoms with Gasteiger partial charge in [-0.1, -0.05) is 6.07 Å². The van der Waals surface area contributed by atoms with Crippen molar-refractivity contribution in [1.29, 1.82) is 0 Å². The first-order chi connectivity index (χ1) is 14.3. The molecule has 7 heteroatoms. The average Bonchev–Trinajstić information content (AvgIpc) is 3.42. The number of aliphatic imine (C=N–C) groups is 1. The van der Waals surface area contributed by atoms with Gasteiger partial charge in [-0.2, -0.15) is 0 Å². The second-order valence-corrected chi connectivity index (χ2v) is 9.19. The van der Waals surface area contributed by atoms with Crippen LogP contribution < -0.4 is 5.32 Å². The molecule has 0 aromatic carbocycles. The Kier molecular flexibility index (Phi) is 9.73. The predicted octanol–water partition coefficient (Wildman–Crippen LogP) is 2.91. The number of guanidine groups is 1. The number of hydrogen-bond donors (Lipinski definition) is 1. The number of methoxy groups -OCH3 is 1. The SMILES string of the molecule is CCNC(=NCC1CCN(Cc2cccs2)CC1)N1CCC(COCCOC)C1. The van der Waals surface area contributed by atoms with Crippen LogP contribution in [0.4, 0.5) is 0 Å². The van der Waals surface area contributed by atoms with Crippen LogP contribution in [0.2, 0.25) is 0 Å². The van der Waals surface area contributed by atoms with E-state index < -0.39 is 0 Å². The average molecular weight is 423 g/mol. The molecule has 0 saturated carbocycles. The highest BCUT2D eigenvalue weighted by Gasteiger charge is 2.25. The zero-order chi connectivity index (χ0) is 20.3. The van der Waals surface area contributed by atoms with Gasteiger partial charge in [-0.05, 0) is 56.6 Å². The fourth-order valence-corrected chi connectivity index (χ4v) is 4.89. The van der Waals surface area contributed by atoms with Crippen molar-refractivity contribution in [3.05, 3.63) is 22.4 Å². The van der Waals surface area contributed by atoms with Crippen molar-refractivity contribution in [3.8, 4) is 0 Å². The molecule has 1 aromatic heterocycles. The van der Waals surface area contributed by atoms with Crippen molar-refractivity contribution >= 4 is 17.3 Å². The maximum absolute atomic E-state index is 5.73. The molecule has 2 fully saturated rings. The summed E-state index contributed by atoms with van der Waals surface area (Å²) in [5.74, 6) is 2.39. The molecular weight excluding hydrogens is 384 g/mol. The molecule has 1 N–H and O–H groups in total. The van der Waals surface area contributed by atoms with Crippen molar-refractivity contribution in [2.75, 3.05) is 66.2 Å². The molecule has 6 nitrogen and oxygen atoms in total. The molecule has 0 aliphatic carbocycles. The summed E-state index contributed by atoms with van der Waals surface area (Å²) in [4.78, 5) is 11.5. The molecule has 29 heavy (non-hydrogen) atoms. The van der Waals surface area contributed by atoms with Crippen molar-refractivity contribution in [3.63, 3.8) is 0 Å². The lowest BCUT2D eigenvalue weighted by molar-refractivity contribution is 0.0536. The van der Waals surface area contributed by atoms with Crippen LogP contribution in [0.25, 0.3) is 0 Å². The van der Waals surface area contributed by atoms with E-state index in [-0.39, 0.29) is 0 Å². The van der Waals surface area contributed by atoms with Crippen LogP contribution in [0.1, 0.15) is 31.1 Å². The minimum atomic E-state index is 0.594. The number of piperidine rings is 1. The summed E-state index contributed by atoms with van der Waals surface area (Å²) in [6.45, 7) is 11.8. The number of hydrogen-bond acceptors (Lipinski definition) is 5. The van der Waals surface area contributed by atoms with E-state index in [1.807, 2.05) is 11.3 Å². The van der Waals surface area contributed by atoms with Gasteiger partial charge in [-0.15, -0.1) is 11.3 Å². The van der Waals surface area contributed by atoms with Crippen LogP contribution in [0.3, 0.4) is 0 Å². The highest BCUT2D eigenvalue weighted by atomic mass is 32.1. The van der Waals surface area contributed by atoms with Crippen LogP contribution in [-0.2, 0) is 16.0 Å². The molecule has 3 rings (SSSR count). The summed E-state index contributed by atoms with van der Waals surface area (Å²) >= 11 is 1.87. The Labute approximate surface area is 180 Å². The zero-order valence-electron chi connectivity index (χ0n) is 18.1. The molecule has 1 atom stereocenters. The van der Waals surface area contributed by atoms with Gasteiger partial charge < -0.3 is 19.7 Å². The van der Waals surface area contributed by atoms with E-state index in [9.17, 15) is 0 Å². The van der Waals surface area contributed by atoms with Gasteiger partial charge in [0.05, 0.1) is 19.8 Å². The van der Waals surface area contributed by atoms with E-state index in [1.54, 1.807) is 7.11 Å². The molecule has 3 heterocycles. The van der Waals surface area contributed by atoms with Crippen LogP contribution in [0, 0.1) is 11.8 Å². The Balaban J connectivity index is 1.40. The normalized spacial score (nSPS) is 21.8. The van der Waals surface area contributed by atoms with E-state index in [0.29, 0.717) is 25.0 Å². The van der Waals surface area contributed by atoms with Gasteiger partial charge >= 0.3 is 0 Å². The quantitative estimate of drug-likeness (QED) is 0.357. The van der Waals surface area contributed by atoms with Crippen molar-refractivity contribution < 1.29 is 9.47 Å². The Morgan fingerprint density at radius 1 is 1.21 bits per heavy atom. The maximum Gasteiger partial charge on any atom is 0.193 e. The van der Waals surface area contributed by atoms with Crippen molar-refractivity contribution in [2.24, 2.45) is 16.8 Å². The van der Waals surface area contributed by atoms with Crippen LogP contribution in [0.5, 0.6) is 0 Å². The Morgan fingerprint density at radius 3 is 2.76 bits per heavy atom. The molecule has 0 amide bonds. The molecule has 1 unspecified atom stereocenters. The van der Waals surface area contributed by atoms with Gasteiger partial charge in [-0.25, -0.2) is 0 Å². The molecule has 0 spiro atoms. The second-order valence-electron chi connectivity index (χ2n) is 8.16. The fraction of sp³-hybridized carbons (Fsp3) is 0.773. The smallest absolute Gasteiger partial charge is 0.193 e. The third-order valence-electron chi connectivity index (χ3n) is 5.87. The lowest BCUT2D eigenvalue weighted by Gasteiger charge is -2.31. The third kappa shape index (κ3) is 7.55.